The molecule has 0 radical (unpaired) electrons. The van der Waals surface area contributed by atoms with Gasteiger partial charge in [0.1, 0.15) is 0 Å². The molecule has 0 spiro atoms. The molecular weight excluding hydrogens is 356 g/mol. The van der Waals surface area contributed by atoms with Crippen LogP contribution in [0.5, 0.6) is 0 Å². The van der Waals surface area contributed by atoms with Gasteiger partial charge < -0.3 is 5.32 Å². The SMILES string of the molecule is O=C(CCS(=O)(=O)C1CCCC1)NC[C@H](c1cccs1)N1CCCC1. The van der Waals surface area contributed by atoms with Crippen molar-refractivity contribution >= 4 is 27.1 Å². The van der Waals surface area contributed by atoms with E-state index in [2.05, 4.69) is 21.7 Å². The van der Waals surface area contributed by atoms with Crippen LogP contribution in [-0.2, 0) is 14.6 Å². The first-order valence-corrected chi connectivity index (χ1v) is 11.9. The van der Waals surface area contributed by atoms with E-state index < -0.39 is 9.84 Å². The maximum Gasteiger partial charge on any atom is 0.221 e. The third kappa shape index (κ3) is 5.05. The van der Waals surface area contributed by atoms with Crippen molar-refractivity contribution in [3.8, 4) is 0 Å². The molecule has 0 aromatic carbocycles. The van der Waals surface area contributed by atoms with Crippen LogP contribution >= 0.6 is 11.3 Å². The third-order valence-electron chi connectivity index (χ3n) is 5.37. The molecule has 0 bridgehead atoms. The number of likely N-dealkylation sites (tertiary alicyclic amines) is 1. The zero-order chi connectivity index (χ0) is 17.7. The molecule has 1 atom stereocenters. The predicted octanol–water partition coefficient (Wildman–Crippen LogP) is 2.75. The second-order valence-electron chi connectivity index (χ2n) is 7.10. The van der Waals surface area contributed by atoms with Gasteiger partial charge in [-0.3, -0.25) is 9.69 Å². The van der Waals surface area contributed by atoms with Crippen molar-refractivity contribution in [3.63, 3.8) is 0 Å². The molecule has 25 heavy (non-hydrogen) atoms. The van der Waals surface area contributed by atoms with E-state index in [0.29, 0.717) is 6.54 Å². The Kier molecular flexibility index (Phi) is 6.52. The van der Waals surface area contributed by atoms with Crippen LogP contribution in [0.1, 0.15) is 55.9 Å². The zero-order valence-corrected chi connectivity index (χ0v) is 16.3. The van der Waals surface area contributed by atoms with Gasteiger partial charge in [0.15, 0.2) is 9.84 Å². The Bertz CT molecular complexity index is 646. The number of rotatable bonds is 8. The summed E-state index contributed by atoms with van der Waals surface area (Å²) < 4.78 is 24.6. The van der Waals surface area contributed by atoms with Crippen LogP contribution in [0.4, 0.5) is 0 Å². The lowest BCUT2D eigenvalue weighted by atomic mass is 10.2. The lowest BCUT2D eigenvalue weighted by Crippen LogP contribution is -2.37. The van der Waals surface area contributed by atoms with Crippen molar-refractivity contribution in [2.45, 2.75) is 56.2 Å². The Labute approximate surface area is 154 Å². The summed E-state index contributed by atoms with van der Waals surface area (Å²) in [6.45, 7) is 2.69. The maximum absolute atomic E-state index is 12.3. The van der Waals surface area contributed by atoms with Crippen molar-refractivity contribution < 1.29 is 13.2 Å². The summed E-state index contributed by atoms with van der Waals surface area (Å²) in [5.74, 6) is -0.168. The van der Waals surface area contributed by atoms with E-state index in [-0.39, 0.29) is 29.4 Å². The molecule has 2 aliphatic rings. The molecular formula is C18H28N2O3S2. The van der Waals surface area contributed by atoms with Crippen molar-refractivity contribution in [1.29, 1.82) is 0 Å². The van der Waals surface area contributed by atoms with Gasteiger partial charge in [-0.2, -0.15) is 0 Å². The van der Waals surface area contributed by atoms with Gasteiger partial charge in [-0.25, -0.2) is 8.42 Å². The highest BCUT2D eigenvalue weighted by Gasteiger charge is 2.29. The predicted molar refractivity (Wildman–Crippen MR) is 102 cm³/mol. The Balaban J connectivity index is 1.49. The van der Waals surface area contributed by atoms with Gasteiger partial charge in [0.25, 0.3) is 0 Å². The minimum absolute atomic E-state index is 0.0170. The number of sulfone groups is 1. The fourth-order valence-corrected chi connectivity index (χ4v) is 6.61. The number of nitrogens with zero attached hydrogens (tertiary/aromatic N) is 1. The summed E-state index contributed by atoms with van der Waals surface area (Å²) >= 11 is 1.72. The number of amides is 1. The average molecular weight is 385 g/mol. The van der Waals surface area contributed by atoms with Crippen molar-refractivity contribution in [2.75, 3.05) is 25.4 Å². The minimum atomic E-state index is -3.12. The smallest absolute Gasteiger partial charge is 0.221 e. The summed E-state index contributed by atoms with van der Waals surface area (Å²) in [5, 5.41) is 4.82. The molecule has 0 unspecified atom stereocenters. The van der Waals surface area contributed by atoms with Crippen LogP contribution in [-0.4, -0.2) is 49.9 Å². The summed E-state index contributed by atoms with van der Waals surface area (Å²) in [6.07, 6.45) is 6.00. The van der Waals surface area contributed by atoms with E-state index >= 15 is 0 Å². The second-order valence-corrected chi connectivity index (χ2v) is 10.5. The van der Waals surface area contributed by atoms with Crippen LogP contribution in [0.3, 0.4) is 0 Å². The van der Waals surface area contributed by atoms with Gasteiger partial charge in [-0.05, 0) is 50.2 Å². The lowest BCUT2D eigenvalue weighted by molar-refractivity contribution is -0.120. The monoisotopic (exact) mass is 384 g/mol. The molecule has 2 fully saturated rings. The number of hydrogen-bond donors (Lipinski definition) is 1. The Hall–Kier alpha value is -0.920. The topological polar surface area (TPSA) is 66.5 Å². The highest BCUT2D eigenvalue weighted by molar-refractivity contribution is 7.92. The molecule has 1 N–H and O–H groups in total. The van der Waals surface area contributed by atoms with Crippen LogP contribution < -0.4 is 5.32 Å². The largest absolute Gasteiger partial charge is 0.354 e. The molecule has 1 aliphatic heterocycles. The quantitative estimate of drug-likeness (QED) is 0.748. The Morgan fingerprint density at radius 2 is 1.96 bits per heavy atom. The molecule has 7 heteroatoms. The molecule has 2 heterocycles. The van der Waals surface area contributed by atoms with Gasteiger partial charge >= 0.3 is 0 Å². The average Bonchev–Trinajstić information content (AvgIpc) is 3.35. The first kappa shape index (κ1) is 18.9. The molecule has 1 amide bonds. The molecule has 1 aliphatic carbocycles. The summed E-state index contributed by atoms with van der Waals surface area (Å²) in [6, 6.07) is 4.36. The van der Waals surface area contributed by atoms with Crippen LogP contribution in [0.15, 0.2) is 17.5 Å². The molecule has 1 aromatic heterocycles. The normalized spacial score (nSPS) is 20.8. The standard InChI is InChI=1S/C18H28N2O3S2/c21-18(9-13-25(22,23)15-6-1-2-7-15)19-14-16(17-8-5-12-24-17)20-10-3-4-11-20/h5,8,12,15-16H,1-4,6-7,9-11,13-14H2,(H,19,21)/t16-/m1/s1. The van der Waals surface area contributed by atoms with E-state index in [9.17, 15) is 13.2 Å². The number of carbonyl (C=O) groups excluding carboxylic acids is 1. The van der Waals surface area contributed by atoms with E-state index in [1.165, 1.54) is 17.7 Å². The highest BCUT2D eigenvalue weighted by Crippen LogP contribution is 2.28. The van der Waals surface area contributed by atoms with E-state index in [0.717, 1.165) is 38.8 Å². The van der Waals surface area contributed by atoms with Gasteiger partial charge in [0.2, 0.25) is 5.91 Å². The summed E-state index contributed by atoms with van der Waals surface area (Å²) in [7, 11) is -3.12. The second kappa shape index (κ2) is 8.64. The van der Waals surface area contributed by atoms with E-state index in [1.807, 2.05) is 6.07 Å². The van der Waals surface area contributed by atoms with Gasteiger partial charge in [-0.1, -0.05) is 18.9 Å². The Morgan fingerprint density at radius 3 is 2.60 bits per heavy atom. The lowest BCUT2D eigenvalue weighted by Gasteiger charge is -2.27. The number of carbonyl (C=O) groups is 1. The molecule has 3 rings (SSSR count). The number of hydrogen-bond acceptors (Lipinski definition) is 5. The maximum atomic E-state index is 12.3. The van der Waals surface area contributed by atoms with Crippen LogP contribution in [0.2, 0.25) is 0 Å². The van der Waals surface area contributed by atoms with Gasteiger partial charge in [0.05, 0.1) is 17.0 Å². The molecule has 1 aromatic rings. The highest BCUT2D eigenvalue weighted by atomic mass is 32.2. The van der Waals surface area contributed by atoms with Crippen molar-refractivity contribution in [3.05, 3.63) is 22.4 Å². The first-order chi connectivity index (χ1) is 12.1. The minimum Gasteiger partial charge on any atom is -0.354 e. The fraction of sp³-hybridized carbons (Fsp3) is 0.722. The van der Waals surface area contributed by atoms with E-state index in [1.54, 1.807) is 11.3 Å². The van der Waals surface area contributed by atoms with Gasteiger partial charge in [0, 0.05) is 17.8 Å². The number of thiophene rings is 1. The molecule has 1 saturated heterocycles. The van der Waals surface area contributed by atoms with Crippen molar-refractivity contribution in [1.82, 2.24) is 10.2 Å². The third-order valence-corrected chi connectivity index (χ3v) is 8.60. The van der Waals surface area contributed by atoms with Crippen molar-refractivity contribution in [2.24, 2.45) is 0 Å². The molecule has 140 valence electrons. The zero-order valence-electron chi connectivity index (χ0n) is 14.7. The summed E-state index contributed by atoms with van der Waals surface area (Å²) in [4.78, 5) is 15.9. The molecule has 1 saturated carbocycles. The van der Waals surface area contributed by atoms with Crippen LogP contribution in [0, 0.1) is 0 Å². The van der Waals surface area contributed by atoms with Crippen LogP contribution in [0.25, 0.3) is 0 Å². The van der Waals surface area contributed by atoms with E-state index in [4.69, 9.17) is 0 Å². The first-order valence-electron chi connectivity index (χ1n) is 9.32. The fourth-order valence-electron chi connectivity index (χ4n) is 3.89. The molecule has 5 nitrogen and oxygen atoms in total. The number of nitrogens with one attached hydrogen (secondary N) is 1. The Morgan fingerprint density at radius 1 is 1.24 bits per heavy atom. The summed E-state index contributed by atoms with van der Waals surface area (Å²) in [5.41, 5.74) is 0. The van der Waals surface area contributed by atoms with Gasteiger partial charge in [-0.15, -0.1) is 11.3 Å².